The van der Waals surface area contributed by atoms with Gasteiger partial charge in [-0.05, 0) is 54.7 Å². The molecule has 1 aliphatic rings. The molecule has 0 spiro atoms. The van der Waals surface area contributed by atoms with Crippen molar-refractivity contribution in [3.05, 3.63) is 77.7 Å². The van der Waals surface area contributed by atoms with Gasteiger partial charge in [0.2, 0.25) is 5.95 Å². The second-order valence-electron chi connectivity index (χ2n) is 9.21. The van der Waals surface area contributed by atoms with E-state index in [1.807, 2.05) is 30.5 Å². The lowest BCUT2D eigenvalue weighted by Gasteiger charge is -2.23. The van der Waals surface area contributed by atoms with Gasteiger partial charge in [-0.1, -0.05) is 32.0 Å². The summed E-state index contributed by atoms with van der Waals surface area (Å²) < 4.78 is 5.47. The molecule has 1 fully saturated rings. The number of nitrogens with one attached hydrogen (secondary N) is 4. The minimum Gasteiger partial charge on any atom is -0.399 e. The fraction of sp³-hybridized carbons (Fsp3) is 0.333. The van der Waals surface area contributed by atoms with E-state index in [0.717, 1.165) is 37.2 Å². The summed E-state index contributed by atoms with van der Waals surface area (Å²) in [6, 6.07) is 14.8. The number of nitrogens with two attached hydrogens (primary N) is 1. The molecule has 6 N–H and O–H groups in total. The lowest BCUT2D eigenvalue weighted by molar-refractivity contribution is 0.0903. The van der Waals surface area contributed by atoms with Gasteiger partial charge in [-0.3, -0.25) is 9.89 Å². The largest absolute Gasteiger partial charge is 0.399 e. The Morgan fingerprint density at radius 1 is 1.16 bits per heavy atom. The fourth-order valence-corrected chi connectivity index (χ4v) is 4.00. The maximum Gasteiger partial charge on any atom is 0.255 e. The Morgan fingerprint density at radius 2 is 1.97 bits per heavy atom. The smallest absolute Gasteiger partial charge is 0.255 e. The van der Waals surface area contributed by atoms with Gasteiger partial charge in [0, 0.05) is 54.5 Å². The fourth-order valence-electron chi connectivity index (χ4n) is 4.00. The minimum atomic E-state index is -0.214. The number of hydrogen-bond donors (Lipinski definition) is 5. The molecule has 1 saturated heterocycles. The number of ether oxygens (including phenoxy) is 1. The highest BCUT2D eigenvalue weighted by Crippen LogP contribution is 2.22. The third-order valence-electron chi connectivity index (χ3n) is 5.99. The number of rotatable bonds is 8. The molecule has 0 saturated carbocycles. The molecule has 0 unspecified atom stereocenters. The predicted octanol–water partition coefficient (Wildman–Crippen LogP) is 4.49. The van der Waals surface area contributed by atoms with Gasteiger partial charge in [-0.2, -0.15) is 15.1 Å². The quantitative estimate of drug-likeness (QED) is 0.284. The van der Waals surface area contributed by atoms with Gasteiger partial charge in [-0.25, -0.2) is 0 Å². The van der Waals surface area contributed by atoms with Gasteiger partial charge in [0.05, 0.1) is 0 Å². The molecule has 1 aliphatic heterocycles. The van der Waals surface area contributed by atoms with Gasteiger partial charge in [0.1, 0.15) is 12.1 Å². The van der Waals surface area contributed by atoms with Crippen LogP contribution in [0.4, 0.5) is 23.1 Å². The second-order valence-corrected chi connectivity index (χ2v) is 9.21. The number of aromatic amines is 1. The molecule has 0 aliphatic carbocycles. The van der Waals surface area contributed by atoms with Crippen LogP contribution in [-0.2, 0) is 11.3 Å². The molecule has 4 rings (SSSR count). The number of hydrogen-bond acceptors (Lipinski definition) is 8. The van der Waals surface area contributed by atoms with Crippen LogP contribution in [0.3, 0.4) is 0 Å². The predicted molar refractivity (Wildman–Crippen MR) is 146 cm³/mol. The van der Waals surface area contributed by atoms with Crippen molar-refractivity contribution in [2.24, 2.45) is 0 Å². The maximum absolute atomic E-state index is 12.6. The lowest BCUT2D eigenvalue weighted by atomic mass is 10.1. The SMILES string of the molecule is CC(C)c1c[nH]ncnc(NC2CCOCC2)nc1NCc1cccc(NC(=O)c2cccc(N)c2)c1. The van der Waals surface area contributed by atoms with Gasteiger partial charge in [0.25, 0.3) is 5.91 Å². The number of nitrogens with zero attached hydrogens (tertiary/aromatic N) is 3. The summed E-state index contributed by atoms with van der Waals surface area (Å²) in [7, 11) is 0. The molecular formula is C27H34N8O2. The van der Waals surface area contributed by atoms with E-state index < -0.39 is 0 Å². The van der Waals surface area contributed by atoms with Crippen molar-refractivity contribution in [2.45, 2.75) is 45.2 Å². The zero-order valence-corrected chi connectivity index (χ0v) is 21.2. The standard InChI is InChI=1S/C27H34N8O2/c1-18(2)24-16-31-32-17-30-27(34-22-9-11-37-12-10-22)35-25(24)29-15-19-5-3-8-23(13-19)33-26(36)20-6-4-7-21(28)14-20/h3-8,13-14,16-18,22,31H,9-12,15,28H2,1-2H3,(H,33,36)(H2,29,30,32,34,35). The van der Waals surface area contributed by atoms with E-state index in [0.29, 0.717) is 35.2 Å². The Labute approximate surface area is 216 Å². The molecule has 10 nitrogen and oxygen atoms in total. The third kappa shape index (κ3) is 7.65. The van der Waals surface area contributed by atoms with Gasteiger partial charge in [-0.15, -0.1) is 0 Å². The first-order valence-corrected chi connectivity index (χ1v) is 12.5. The molecular weight excluding hydrogens is 468 g/mol. The highest BCUT2D eigenvalue weighted by atomic mass is 16.5. The van der Waals surface area contributed by atoms with Crippen LogP contribution in [0.1, 0.15) is 54.1 Å². The van der Waals surface area contributed by atoms with Crippen LogP contribution in [0.25, 0.3) is 0 Å². The van der Waals surface area contributed by atoms with Crippen molar-refractivity contribution in [3.8, 4) is 0 Å². The Balaban J connectivity index is 1.54. The van der Waals surface area contributed by atoms with E-state index in [2.05, 4.69) is 45.0 Å². The number of amides is 1. The molecule has 10 heteroatoms. The van der Waals surface area contributed by atoms with E-state index in [-0.39, 0.29) is 17.9 Å². The number of H-pyrrole nitrogens is 1. The Kier molecular flexibility index (Phi) is 8.88. The van der Waals surface area contributed by atoms with Gasteiger partial charge >= 0.3 is 0 Å². The molecule has 0 radical (unpaired) electrons. The maximum atomic E-state index is 12.6. The average Bonchev–Trinajstić information content (AvgIpc) is 2.99. The van der Waals surface area contributed by atoms with Crippen LogP contribution in [0.15, 0.2) is 61.1 Å². The van der Waals surface area contributed by atoms with E-state index in [1.54, 1.807) is 24.3 Å². The summed E-state index contributed by atoms with van der Waals surface area (Å²) in [5.41, 5.74) is 9.51. The number of aromatic nitrogens is 4. The summed E-state index contributed by atoms with van der Waals surface area (Å²) >= 11 is 0. The molecule has 1 amide bonds. The van der Waals surface area contributed by atoms with Crippen LogP contribution in [0.5, 0.6) is 0 Å². The van der Waals surface area contributed by atoms with Crippen LogP contribution in [0, 0.1) is 0 Å². The van der Waals surface area contributed by atoms with Crippen molar-refractivity contribution in [1.29, 1.82) is 0 Å². The average molecular weight is 503 g/mol. The highest BCUT2D eigenvalue weighted by molar-refractivity contribution is 6.04. The molecule has 2 heterocycles. The van der Waals surface area contributed by atoms with E-state index in [4.69, 9.17) is 15.5 Å². The summed E-state index contributed by atoms with van der Waals surface area (Å²) in [4.78, 5) is 21.9. The summed E-state index contributed by atoms with van der Waals surface area (Å²) in [5, 5.41) is 16.9. The molecule has 0 bridgehead atoms. The summed E-state index contributed by atoms with van der Waals surface area (Å²) in [5.74, 6) is 1.16. The summed E-state index contributed by atoms with van der Waals surface area (Å²) in [6.07, 6.45) is 5.08. The molecule has 194 valence electrons. The van der Waals surface area contributed by atoms with Crippen LogP contribution >= 0.6 is 0 Å². The zero-order valence-electron chi connectivity index (χ0n) is 21.2. The van der Waals surface area contributed by atoms with Crippen molar-refractivity contribution in [2.75, 3.05) is 34.9 Å². The lowest BCUT2D eigenvalue weighted by Crippen LogP contribution is -2.28. The van der Waals surface area contributed by atoms with E-state index >= 15 is 0 Å². The van der Waals surface area contributed by atoms with Crippen molar-refractivity contribution >= 4 is 29.0 Å². The first kappa shape index (κ1) is 25.9. The number of anilines is 4. The zero-order chi connectivity index (χ0) is 26.0. The van der Waals surface area contributed by atoms with E-state index in [1.165, 1.54) is 6.33 Å². The third-order valence-corrected chi connectivity index (χ3v) is 5.99. The highest BCUT2D eigenvalue weighted by Gasteiger charge is 2.15. The van der Waals surface area contributed by atoms with Gasteiger partial charge in [0.15, 0.2) is 0 Å². The van der Waals surface area contributed by atoms with E-state index in [9.17, 15) is 4.79 Å². The van der Waals surface area contributed by atoms with Crippen molar-refractivity contribution in [1.82, 2.24) is 20.2 Å². The molecule has 2 aromatic carbocycles. The first-order chi connectivity index (χ1) is 18.0. The molecule has 3 aromatic rings. The summed E-state index contributed by atoms with van der Waals surface area (Å²) in [6.45, 7) is 6.13. The van der Waals surface area contributed by atoms with Crippen molar-refractivity contribution in [3.63, 3.8) is 0 Å². The monoisotopic (exact) mass is 502 g/mol. The normalized spacial score (nSPS) is 13.6. The van der Waals surface area contributed by atoms with Crippen molar-refractivity contribution < 1.29 is 9.53 Å². The number of benzene rings is 2. The Bertz CT molecular complexity index is 1250. The number of nitrogen functional groups attached to an aromatic ring is 1. The number of carbonyl (C=O) groups excluding carboxylic acids is 1. The van der Waals surface area contributed by atoms with Crippen LogP contribution in [0.2, 0.25) is 0 Å². The number of carbonyl (C=O) groups is 1. The minimum absolute atomic E-state index is 0.181. The molecule has 0 atom stereocenters. The molecule has 37 heavy (non-hydrogen) atoms. The van der Waals surface area contributed by atoms with Crippen LogP contribution < -0.4 is 21.7 Å². The van der Waals surface area contributed by atoms with Crippen LogP contribution in [-0.4, -0.2) is 45.3 Å². The first-order valence-electron chi connectivity index (χ1n) is 12.5. The Morgan fingerprint density at radius 3 is 2.76 bits per heavy atom. The molecule has 1 aromatic heterocycles. The van der Waals surface area contributed by atoms with Gasteiger partial charge < -0.3 is 26.4 Å². The Hall–Kier alpha value is -4.18. The second kappa shape index (κ2) is 12.7. The topological polar surface area (TPSA) is 143 Å².